The summed E-state index contributed by atoms with van der Waals surface area (Å²) in [6.45, 7) is 5.25. The van der Waals surface area contributed by atoms with E-state index in [1.165, 1.54) is 39.0 Å². The predicted octanol–water partition coefficient (Wildman–Crippen LogP) is 3.13. The van der Waals surface area contributed by atoms with E-state index in [9.17, 15) is 0 Å². The Hall–Kier alpha value is -0.0800. The number of nitrogens with zero attached hydrogens (tertiary/aromatic N) is 1. The fourth-order valence-corrected chi connectivity index (χ4v) is 6.63. The second kappa shape index (κ2) is 5.28. The second-order valence-corrected chi connectivity index (χ2v) is 8.81. The van der Waals surface area contributed by atoms with Gasteiger partial charge in [0.2, 0.25) is 0 Å². The van der Waals surface area contributed by atoms with Crippen LogP contribution in [0.5, 0.6) is 0 Å². The average Bonchev–Trinajstić information content (AvgIpc) is 2.37. The van der Waals surface area contributed by atoms with Crippen molar-refractivity contribution in [2.24, 2.45) is 29.1 Å². The first kappa shape index (κ1) is 13.6. The van der Waals surface area contributed by atoms with E-state index in [4.69, 9.17) is 0 Å². The van der Waals surface area contributed by atoms with Crippen LogP contribution in [-0.4, -0.2) is 38.1 Å². The molecule has 20 heavy (non-hydrogen) atoms. The Morgan fingerprint density at radius 3 is 2.05 bits per heavy atom. The minimum Gasteiger partial charge on any atom is -0.317 e. The molecule has 4 aliphatic carbocycles. The van der Waals surface area contributed by atoms with E-state index in [0.717, 1.165) is 29.1 Å². The first-order chi connectivity index (χ1) is 9.71. The maximum absolute atomic E-state index is 3.50. The maximum Gasteiger partial charge on any atom is 0.00353 e. The molecule has 0 radical (unpaired) electrons. The zero-order valence-corrected chi connectivity index (χ0v) is 13.2. The minimum absolute atomic E-state index is 0.733. The number of nitrogens with one attached hydrogen (secondary N) is 1. The summed E-state index contributed by atoms with van der Waals surface area (Å²) >= 11 is 0. The molecular formula is C18H32N2. The van der Waals surface area contributed by atoms with E-state index in [0.29, 0.717) is 0 Å². The summed E-state index contributed by atoms with van der Waals surface area (Å²) in [5.41, 5.74) is 0.733. The quantitative estimate of drug-likeness (QED) is 0.848. The third-order valence-corrected chi connectivity index (χ3v) is 6.80. The van der Waals surface area contributed by atoms with Gasteiger partial charge >= 0.3 is 0 Å². The van der Waals surface area contributed by atoms with Crippen molar-refractivity contribution >= 4 is 0 Å². The summed E-state index contributed by atoms with van der Waals surface area (Å²) in [5, 5.41) is 3.50. The van der Waals surface area contributed by atoms with Gasteiger partial charge < -0.3 is 10.2 Å². The Kier molecular flexibility index (Phi) is 3.58. The van der Waals surface area contributed by atoms with Gasteiger partial charge in [0.15, 0.2) is 0 Å². The third kappa shape index (κ3) is 2.66. The van der Waals surface area contributed by atoms with E-state index in [-0.39, 0.29) is 0 Å². The predicted molar refractivity (Wildman–Crippen MR) is 83.7 cm³/mol. The molecule has 0 aromatic rings. The molecule has 114 valence electrons. The van der Waals surface area contributed by atoms with Crippen molar-refractivity contribution < 1.29 is 0 Å². The highest BCUT2D eigenvalue weighted by Gasteiger charge is 2.50. The molecule has 1 N–H and O–H groups in total. The van der Waals surface area contributed by atoms with Crippen LogP contribution in [0.1, 0.15) is 51.4 Å². The Labute approximate surface area is 124 Å². The van der Waals surface area contributed by atoms with Crippen LogP contribution in [0.15, 0.2) is 0 Å². The highest BCUT2D eigenvalue weighted by atomic mass is 15.1. The van der Waals surface area contributed by atoms with Gasteiger partial charge in [0.25, 0.3) is 0 Å². The third-order valence-electron chi connectivity index (χ3n) is 6.80. The molecule has 0 amide bonds. The highest BCUT2D eigenvalue weighted by molar-refractivity contribution is 5.02. The van der Waals surface area contributed by atoms with Gasteiger partial charge in [-0.1, -0.05) is 0 Å². The van der Waals surface area contributed by atoms with Gasteiger partial charge in [-0.15, -0.1) is 0 Å². The molecule has 0 aromatic heterocycles. The van der Waals surface area contributed by atoms with Crippen molar-refractivity contribution in [3.8, 4) is 0 Å². The fourth-order valence-electron chi connectivity index (χ4n) is 6.63. The molecule has 0 atom stereocenters. The maximum atomic E-state index is 3.50. The largest absolute Gasteiger partial charge is 0.317 e. The number of piperidine rings is 1. The lowest BCUT2D eigenvalue weighted by Gasteiger charge is -2.58. The van der Waals surface area contributed by atoms with Crippen LogP contribution in [0, 0.1) is 29.1 Å². The summed E-state index contributed by atoms with van der Waals surface area (Å²) in [7, 11) is 2.40. The summed E-state index contributed by atoms with van der Waals surface area (Å²) in [5.74, 6) is 4.27. The molecule has 1 saturated heterocycles. The van der Waals surface area contributed by atoms with E-state index < -0.39 is 0 Å². The van der Waals surface area contributed by atoms with Gasteiger partial charge in [-0.2, -0.15) is 0 Å². The normalized spacial score (nSPS) is 44.4. The van der Waals surface area contributed by atoms with Crippen molar-refractivity contribution in [1.82, 2.24) is 10.2 Å². The van der Waals surface area contributed by atoms with Gasteiger partial charge in [0.1, 0.15) is 0 Å². The molecule has 4 saturated carbocycles. The summed E-state index contributed by atoms with van der Waals surface area (Å²) < 4.78 is 0. The first-order valence-electron chi connectivity index (χ1n) is 9.10. The molecule has 0 unspecified atom stereocenters. The number of rotatable bonds is 4. The van der Waals surface area contributed by atoms with Crippen molar-refractivity contribution in [3.63, 3.8) is 0 Å². The standard InChI is InChI=1S/C18H32N2/c1-20(12-14-2-4-19-5-3-14)13-18-9-15-6-16(10-18)8-17(7-15)11-18/h14-17,19H,2-13H2,1H3. The summed E-state index contributed by atoms with van der Waals surface area (Å²) in [6.07, 6.45) is 12.2. The van der Waals surface area contributed by atoms with Crippen molar-refractivity contribution in [3.05, 3.63) is 0 Å². The van der Waals surface area contributed by atoms with Crippen LogP contribution in [0.2, 0.25) is 0 Å². The van der Waals surface area contributed by atoms with Crippen LogP contribution in [-0.2, 0) is 0 Å². The Balaban J connectivity index is 1.36. The Morgan fingerprint density at radius 1 is 0.950 bits per heavy atom. The van der Waals surface area contributed by atoms with Gasteiger partial charge in [-0.05, 0) is 101 Å². The smallest absolute Gasteiger partial charge is 0.00353 e. The Bertz CT molecular complexity index is 310. The van der Waals surface area contributed by atoms with Crippen LogP contribution in [0.3, 0.4) is 0 Å². The zero-order valence-electron chi connectivity index (χ0n) is 13.2. The van der Waals surface area contributed by atoms with Gasteiger partial charge in [-0.3, -0.25) is 0 Å². The van der Waals surface area contributed by atoms with Gasteiger partial charge in [-0.25, -0.2) is 0 Å². The SMILES string of the molecule is CN(CC1CCNCC1)CC12CC3CC(CC(C3)C1)C2. The van der Waals surface area contributed by atoms with E-state index >= 15 is 0 Å². The summed E-state index contributed by atoms with van der Waals surface area (Å²) in [6, 6.07) is 0. The highest BCUT2D eigenvalue weighted by Crippen LogP contribution is 2.60. The molecule has 2 heteroatoms. The molecular weight excluding hydrogens is 244 g/mol. The van der Waals surface area contributed by atoms with Crippen molar-refractivity contribution in [2.45, 2.75) is 51.4 Å². The van der Waals surface area contributed by atoms with Crippen LogP contribution >= 0.6 is 0 Å². The average molecular weight is 276 g/mol. The van der Waals surface area contributed by atoms with Crippen LogP contribution in [0.25, 0.3) is 0 Å². The van der Waals surface area contributed by atoms with E-state index in [2.05, 4.69) is 17.3 Å². The molecule has 0 aromatic carbocycles. The van der Waals surface area contributed by atoms with Crippen LogP contribution < -0.4 is 5.32 Å². The minimum atomic E-state index is 0.733. The lowest BCUT2D eigenvalue weighted by molar-refractivity contribution is -0.0676. The van der Waals surface area contributed by atoms with Gasteiger partial charge in [0, 0.05) is 13.1 Å². The second-order valence-electron chi connectivity index (χ2n) is 8.81. The molecule has 5 rings (SSSR count). The molecule has 1 aliphatic heterocycles. The van der Waals surface area contributed by atoms with Crippen molar-refractivity contribution in [2.75, 3.05) is 33.2 Å². The number of hydrogen-bond donors (Lipinski definition) is 1. The topological polar surface area (TPSA) is 15.3 Å². The van der Waals surface area contributed by atoms with Crippen molar-refractivity contribution in [1.29, 1.82) is 0 Å². The van der Waals surface area contributed by atoms with E-state index in [1.807, 2.05) is 0 Å². The molecule has 5 fully saturated rings. The molecule has 4 bridgehead atoms. The fraction of sp³-hybridized carbons (Fsp3) is 1.00. The lowest BCUT2D eigenvalue weighted by Crippen LogP contribution is -2.51. The van der Waals surface area contributed by atoms with Gasteiger partial charge in [0.05, 0.1) is 0 Å². The Morgan fingerprint density at radius 2 is 1.50 bits per heavy atom. The lowest BCUT2D eigenvalue weighted by atomic mass is 9.49. The molecule has 1 heterocycles. The number of hydrogen-bond acceptors (Lipinski definition) is 2. The zero-order chi connectivity index (χ0) is 13.6. The monoisotopic (exact) mass is 276 g/mol. The summed E-state index contributed by atoms with van der Waals surface area (Å²) in [4.78, 5) is 2.71. The first-order valence-corrected chi connectivity index (χ1v) is 9.10. The van der Waals surface area contributed by atoms with Crippen LogP contribution in [0.4, 0.5) is 0 Å². The molecule has 0 spiro atoms. The molecule has 5 aliphatic rings. The molecule has 2 nitrogen and oxygen atoms in total. The van der Waals surface area contributed by atoms with E-state index in [1.54, 1.807) is 38.5 Å².